The van der Waals surface area contributed by atoms with Crippen LogP contribution in [0.5, 0.6) is 0 Å². The molecule has 1 aromatic carbocycles. The summed E-state index contributed by atoms with van der Waals surface area (Å²) in [6.07, 6.45) is 0.581. The molecule has 0 unspecified atom stereocenters. The Morgan fingerprint density at radius 3 is 2.61 bits per heavy atom. The van der Waals surface area contributed by atoms with Gasteiger partial charge in [-0.25, -0.2) is 4.39 Å². The molecule has 0 spiro atoms. The average molecular weight is 252 g/mol. The Hall–Kier alpha value is -1.48. The van der Waals surface area contributed by atoms with E-state index in [1.165, 1.54) is 18.2 Å². The summed E-state index contributed by atoms with van der Waals surface area (Å²) in [6.45, 7) is 1.47. The van der Waals surface area contributed by atoms with E-state index >= 15 is 0 Å². The highest BCUT2D eigenvalue weighted by Gasteiger charge is 2.09. The molecule has 0 atom stereocenters. The van der Waals surface area contributed by atoms with Crippen LogP contribution in [0.15, 0.2) is 18.2 Å². The second-order valence-corrected chi connectivity index (χ2v) is 3.99. The van der Waals surface area contributed by atoms with Crippen molar-refractivity contribution in [2.24, 2.45) is 0 Å². The minimum absolute atomic E-state index is 0.0113. The van der Waals surface area contributed by atoms with E-state index in [-0.39, 0.29) is 19.0 Å². The summed E-state index contributed by atoms with van der Waals surface area (Å²) in [7, 11) is 0. The van der Waals surface area contributed by atoms with E-state index in [4.69, 9.17) is 15.5 Å². The first-order valence-electron chi connectivity index (χ1n) is 5.84. The van der Waals surface area contributed by atoms with E-state index in [9.17, 15) is 4.39 Å². The predicted octanol–water partition coefficient (Wildman–Crippen LogP) is 0.874. The maximum Gasteiger partial charge on any atom is 0.123 e. The molecule has 5 heteroatoms. The average Bonchev–Trinajstić information content (AvgIpc) is 2.36. The Morgan fingerprint density at radius 2 is 2.00 bits per heavy atom. The van der Waals surface area contributed by atoms with E-state index in [1.54, 1.807) is 0 Å². The van der Waals surface area contributed by atoms with Gasteiger partial charge in [0.1, 0.15) is 5.82 Å². The molecular formula is C13H17FN2O2. The summed E-state index contributed by atoms with van der Waals surface area (Å²) in [5, 5.41) is 26.7. The molecule has 0 saturated heterocycles. The van der Waals surface area contributed by atoms with Crippen molar-refractivity contribution in [1.82, 2.24) is 4.90 Å². The highest BCUT2D eigenvalue weighted by Crippen LogP contribution is 2.13. The van der Waals surface area contributed by atoms with Crippen LogP contribution in [-0.4, -0.2) is 41.4 Å². The molecule has 0 radical (unpaired) electrons. The van der Waals surface area contributed by atoms with Crippen LogP contribution in [0.1, 0.15) is 17.5 Å². The maximum atomic E-state index is 13.2. The van der Waals surface area contributed by atoms with Crippen molar-refractivity contribution in [3.63, 3.8) is 0 Å². The third-order valence-electron chi connectivity index (χ3n) is 2.63. The summed E-state index contributed by atoms with van der Waals surface area (Å²) < 4.78 is 13.2. The van der Waals surface area contributed by atoms with Gasteiger partial charge in [-0.2, -0.15) is 5.26 Å². The Morgan fingerprint density at radius 1 is 1.22 bits per heavy atom. The normalized spacial score (nSPS) is 10.6. The zero-order valence-corrected chi connectivity index (χ0v) is 10.1. The zero-order valence-electron chi connectivity index (χ0n) is 10.1. The van der Waals surface area contributed by atoms with E-state index in [2.05, 4.69) is 0 Å². The lowest BCUT2D eigenvalue weighted by Gasteiger charge is -2.21. The first-order chi connectivity index (χ1) is 8.71. The van der Waals surface area contributed by atoms with Crippen LogP contribution in [0.2, 0.25) is 0 Å². The van der Waals surface area contributed by atoms with E-state index < -0.39 is 0 Å². The van der Waals surface area contributed by atoms with Crippen LogP contribution >= 0.6 is 0 Å². The molecule has 1 rings (SSSR count). The van der Waals surface area contributed by atoms with E-state index in [0.29, 0.717) is 37.2 Å². The molecule has 0 amide bonds. The monoisotopic (exact) mass is 252 g/mol. The Labute approximate surface area is 106 Å². The lowest BCUT2D eigenvalue weighted by molar-refractivity contribution is 0.174. The van der Waals surface area contributed by atoms with E-state index in [0.717, 1.165) is 0 Å². The van der Waals surface area contributed by atoms with Crippen molar-refractivity contribution in [2.75, 3.05) is 26.3 Å². The molecule has 0 aliphatic heterocycles. The summed E-state index contributed by atoms with van der Waals surface area (Å²) in [5.41, 5.74) is 1.03. The second-order valence-electron chi connectivity index (χ2n) is 3.99. The van der Waals surface area contributed by atoms with Gasteiger partial charge in [0.2, 0.25) is 0 Å². The molecule has 0 heterocycles. The number of halogens is 1. The Balaban J connectivity index is 2.79. The molecule has 2 N–H and O–H groups in total. The molecular weight excluding hydrogens is 235 g/mol. The highest BCUT2D eigenvalue weighted by molar-refractivity contribution is 5.37. The second kappa shape index (κ2) is 7.77. The number of aliphatic hydroxyl groups is 2. The topological polar surface area (TPSA) is 67.5 Å². The van der Waals surface area contributed by atoms with Crippen LogP contribution in [0.3, 0.4) is 0 Å². The molecule has 18 heavy (non-hydrogen) atoms. The van der Waals surface area contributed by atoms with Gasteiger partial charge in [0.15, 0.2) is 0 Å². The number of aliphatic hydroxyl groups excluding tert-OH is 2. The van der Waals surface area contributed by atoms with Crippen molar-refractivity contribution in [1.29, 1.82) is 5.26 Å². The van der Waals surface area contributed by atoms with E-state index in [1.807, 2.05) is 11.0 Å². The van der Waals surface area contributed by atoms with Gasteiger partial charge >= 0.3 is 0 Å². The SMILES string of the molecule is N#Cc1ccc(F)cc1CN(CCO)CCCO. The van der Waals surface area contributed by atoms with Crippen molar-refractivity contribution >= 4 is 0 Å². The fraction of sp³-hybridized carbons (Fsp3) is 0.462. The van der Waals surface area contributed by atoms with Crippen molar-refractivity contribution in [2.45, 2.75) is 13.0 Å². The quantitative estimate of drug-likeness (QED) is 0.755. The molecule has 98 valence electrons. The van der Waals surface area contributed by atoms with Crippen LogP contribution in [0.4, 0.5) is 4.39 Å². The minimum atomic E-state index is -0.380. The van der Waals surface area contributed by atoms with Crippen LogP contribution in [-0.2, 0) is 6.54 Å². The van der Waals surface area contributed by atoms with Crippen LogP contribution in [0, 0.1) is 17.1 Å². The molecule has 0 bridgehead atoms. The fourth-order valence-corrected chi connectivity index (χ4v) is 1.75. The van der Waals surface area contributed by atoms with Crippen molar-refractivity contribution in [3.05, 3.63) is 35.1 Å². The summed E-state index contributed by atoms with van der Waals surface area (Å²) >= 11 is 0. The van der Waals surface area contributed by atoms with Crippen LogP contribution < -0.4 is 0 Å². The standard InChI is InChI=1S/C13H17FN2O2/c14-13-3-2-11(9-15)12(8-13)10-16(5-7-18)4-1-6-17/h2-3,8,17-18H,1,4-7,10H2. The predicted molar refractivity (Wildman–Crippen MR) is 65.2 cm³/mol. The maximum absolute atomic E-state index is 13.2. The Kier molecular flexibility index (Phi) is 6.29. The minimum Gasteiger partial charge on any atom is -0.396 e. The third kappa shape index (κ3) is 4.41. The summed E-state index contributed by atoms with van der Waals surface area (Å²) in [6, 6.07) is 6.06. The largest absolute Gasteiger partial charge is 0.396 e. The number of hydrogen-bond acceptors (Lipinski definition) is 4. The lowest BCUT2D eigenvalue weighted by Crippen LogP contribution is -2.28. The van der Waals surface area contributed by atoms with Gasteiger partial charge in [-0.3, -0.25) is 4.90 Å². The number of rotatable bonds is 7. The highest BCUT2D eigenvalue weighted by atomic mass is 19.1. The van der Waals surface area contributed by atoms with Gasteiger partial charge in [-0.15, -0.1) is 0 Å². The smallest absolute Gasteiger partial charge is 0.123 e. The zero-order chi connectivity index (χ0) is 13.4. The molecule has 1 aromatic rings. The van der Waals surface area contributed by atoms with Gasteiger partial charge in [-0.1, -0.05) is 0 Å². The van der Waals surface area contributed by atoms with Crippen molar-refractivity contribution in [3.8, 4) is 6.07 Å². The molecule has 0 aliphatic rings. The number of hydrogen-bond donors (Lipinski definition) is 2. The number of benzene rings is 1. The fourth-order valence-electron chi connectivity index (χ4n) is 1.75. The molecule has 0 saturated carbocycles. The van der Waals surface area contributed by atoms with Crippen LogP contribution in [0.25, 0.3) is 0 Å². The van der Waals surface area contributed by atoms with Gasteiger partial charge in [0.05, 0.1) is 18.2 Å². The van der Waals surface area contributed by atoms with Gasteiger partial charge < -0.3 is 10.2 Å². The number of nitrogens with zero attached hydrogens (tertiary/aromatic N) is 2. The van der Waals surface area contributed by atoms with Gasteiger partial charge in [0, 0.05) is 26.2 Å². The summed E-state index contributed by atoms with van der Waals surface area (Å²) in [4.78, 5) is 1.88. The first kappa shape index (κ1) is 14.6. The molecule has 0 aliphatic carbocycles. The first-order valence-corrected chi connectivity index (χ1v) is 5.84. The van der Waals surface area contributed by atoms with Gasteiger partial charge in [0.25, 0.3) is 0 Å². The Bertz CT molecular complexity index is 418. The lowest BCUT2D eigenvalue weighted by atomic mass is 10.1. The van der Waals surface area contributed by atoms with Gasteiger partial charge in [-0.05, 0) is 30.2 Å². The molecule has 4 nitrogen and oxygen atoms in total. The molecule has 0 fully saturated rings. The molecule has 0 aromatic heterocycles. The van der Waals surface area contributed by atoms with Crippen molar-refractivity contribution < 1.29 is 14.6 Å². The summed E-state index contributed by atoms with van der Waals surface area (Å²) in [5.74, 6) is -0.380. The third-order valence-corrected chi connectivity index (χ3v) is 2.63. The number of nitriles is 1.